The number of ketones is 2. The van der Waals surface area contributed by atoms with E-state index in [1.165, 1.54) is 12.1 Å². The van der Waals surface area contributed by atoms with Crippen LogP contribution in [-0.2, 0) is 44.9 Å². The Morgan fingerprint density at radius 1 is 0.683 bits per heavy atom. The first-order chi connectivity index (χ1) is 28.6. The minimum Gasteiger partial charge on any atom is -0.480 e. The van der Waals surface area contributed by atoms with Gasteiger partial charge in [-0.2, -0.15) is 0 Å². The van der Waals surface area contributed by atoms with Gasteiger partial charge in [-0.1, -0.05) is 61.9 Å². The number of aromatic nitrogens is 2. The molecule has 4 aromatic heterocycles. The molecule has 4 heterocycles. The van der Waals surface area contributed by atoms with Gasteiger partial charge in [-0.05, 0) is 60.7 Å². The number of fused-ring (bicyclic) bond motifs is 2. The maximum Gasteiger partial charge on any atom is 0.341 e. The van der Waals surface area contributed by atoms with E-state index >= 15 is 0 Å². The molecule has 0 spiro atoms. The van der Waals surface area contributed by atoms with Crippen molar-refractivity contribution in [3.63, 3.8) is 0 Å². The number of carboxylic acids is 2. The molecular formula is C43H41N5O12. The molecule has 0 radical (unpaired) electrons. The summed E-state index contributed by atoms with van der Waals surface area (Å²) in [6.07, 6.45) is 4.82. The number of ether oxygens (including phenoxy) is 2. The Bertz CT molecular complexity index is 2690. The van der Waals surface area contributed by atoms with Crippen molar-refractivity contribution in [3.8, 4) is 11.5 Å². The van der Waals surface area contributed by atoms with Crippen LogP contribution < -0.4 is 20.9 Å². The van der Waals surface area contributed by atoms with Gasteiger partial charge in [-0.15, -0.1) is 0 Å². The molecule has 0 saturated carbocycles. The zero-order valence-corrected chi connectivity index (χ0v) is 32.8. The first kappa shape index (κ1) is 43.3. The Kier molecular flexibility index (Phi) is 13.4. The van der Waals surface area contributed by atoms with Crippen molar-refractivity contribution in [1.29, 1.82) is 0 Å². The molecule has 17 heteroatoms. The van der Waals surface area contributed by atoms with Gasteiger partial charge in [0.2, 0.25) is 0 Å². The summed E-state index contributed by atoms with van der Waals surface area (Å²) < 4.78 is 14.1. The van der Waals surface area contributed by atoms with Crippen LogP contribution in [-0.4, -0.2) is 72.5 Å². The number of para-hydroxylation sites is 1. The summed E-state index contributed by atoms with van der Waals surface area (Å²) in [6.45, 7) is 4.44. The average Bonchev–Trinajstić information content (AvgIpc) is 3.70. The normalized spacial score (nSPS) is 10.8. The minimum atomic E-state index is -1.22. The van der Waals surface area contributed by atoms with E-state index in [0.29, 0.717) is 47.2 Å². The molecule has 0 aliphatic carbocycles. The van der Waals surface area contributed by atoms with E-state index in [1.807, 2.05) is 32.0 Å². The second-order valence-electron chi connectivity index (χ2n) is 13.5. The minimum absolute atomic E-state index is 0.00423. The predicted octanol–water partition coefficient (Wildman–Crippen LogP) is 4.66. The molecule has 2 amide bonds. The van der Waals surface area contributed by atoms with Crippen molar-refractivity contribution in [2.45, 2.75) is 46.5 Å². The Labute approximate surface area is 341 Å². The van der Waals surface area contributed by atoms with Crippen LogP contribution in [0.4, 0.5) is 5.69 Å². The highest BCUT2D eigenvalue weighted by Crippen LogP contribution is 2.35. The summed E-state index contributed by atoms with van der Waals surface area (Å²) in [4.78, 5) is 81.7. The fraction of sp³-hybridized carbons (Fsp3) is 0.209. The number of nitro benzene ring substituents is 1. The lowest BCUT2D eigenvalue weighted by Crippen LogP contribution is -2.24. The van der Waals surface area contributed by atoms with E-state index < -0.39 is 53.5 Å². The van der Waals surface area contributed by atoms with Gasteiger partial charge in [0, 0.05) is 48.3 Å². The quantitative estimate of drug-likeness (QED) is 0.0424. The number of nitrogens with zero attached hydrogens (tertiary/aromatic N) is 3. The van der Waals surface area contributed by atoms with Crippen LogP contribution in [0.1, 0.15) is 73.8 Å². The number of pyridine rings is 2. The Hall–Kier alpha value is -7.82. The smallest absolute Gasteiger partial charge is 0.341 e. The van der Waals surface area contributed by atoms with Crippen molar-refractivity contribution < 1.29 is 53.4 Å². The fourth-order valence-electron chi connectivity index (χ4n) is 7.21. The standard InChI is InChI=1S/C22H22N2O5.C21H19N3O7/c1-3-15-16(11-14-7-4-6-13(2)10-14)24-9-5-8-17(29-12-18(25)26)20(24)19(15)21(27)22(23)28;1-2-13-15(10-12-6-3-4-7-14(12)24(29)30)23-9-5-8-16(31-11-17(25)26)19(23)18(13)20(27)21(22)28/h4-10H,3,11-12H2,1-2H3,(H2,23,28)(H,25,26);3-9H,2,10-11H2,1H3,(H2,22,28)(H,25,26). The molecule has 0 aliphatic heterocycles. The molecule has 0 saturated heterocycles. The second kappa shape index (κ2) is 18.6. The topological polar surface area (TPSA) is 265 Å². The van der Waals surface area contributed by atoms with Gasteiger partial charge in [-0.25, -0.2) is 9.59 Å². The van der Waals surface area contributed by atoms with Crippen LogP contribution in [0.2, 0.25) is 0 Å². The number of hydrogen-bond acceptors (Lipinski definition) is 10. The molecule has 0 aliphatic rings. The molecule has 6 aromatic rings. The lowest BCUT2D eigenvalue weighted by molar-refractivity contribution is -0.385. The van der Waals surface area contributed by atoms with Gasteiger partial charge in [-0.3, -0.25) is 29.3 Å². The number of carbonyl (C=O) groups excluding carboxylic acids is 4. The van der Waals surface area contributed by atoms with Gasteiger partial charge < -0.3 is 40.0 Å². The first-order valence-corrected chi connectivity index (χ1v) is 18.5. The summed E-state index contributed by atoms with van der Waals surface area (Å²) in [5.74, 6) is -6.07. The highest BCUT2D eigenvalue weighted by Gasteiger charge is 2.30. The van der Waals surface area contributed by atoms with Gasteiger partial charge >= 0.3 is 11.9 Å². The second-order valence-corrected chi connectivity index (χ2v) is 13.5. The molecule has 2 aromatic carbocycles. The third kappa shape index (κ3) is 9.15. The van der Waals surface area contributed by atoms with Crippen LogP contribution in [0.5, 0.6) is 11.5 Å². The molecule has 0 unspecified atom stereocenters. The van der Waals surface area contributed by atoms with Crippen molar-refractivity contribution in [3.05, 3.63) is 146 Å². The zero-order chi connectivity index (χ0) is 43.8. The SMILES string of the molecule is CCc1c(C(=O)C(N)=O)c2c(OCC(=O)O)cccn2c1Cc1cccc(C)c1.CCc1c(C(=O)C(N)=O)c2c(OCC(=O)O)cccn2c1Cc1ccccc1[N+](=O)[O-]. The summed E-state index contributed by atoms with van der Waals surface area (Å²) in [5, 5.41) is 29.4. The van der Waals surface area contributed by atoms with Crippen LogP contribution in [0, 0.1) is 17.0 Å². The number of amides is 2. The third-order valence-electron chi connectivity index (χ3n) is 9.58. The summed E-state index contributed by atoms with van der Waals surface area (Å²) in [5.41, 5.74) is 16.3. The molecule has 6 N–H and O–H groups in total. The van der Waals surface area contributed by atoms with Crippen molar-refractivity contribution in [1.82, 2.24) is 8.80 Å². The molecular weight excluding hydrogens is 778 g/mol. The Morgan fingerprint density at radius 3 is 1.60 bits per heavy atom. The van der Waals surface area contributed by atoms with Crippen molar-refractivity contribution in [2.24, 2.45) is 11.5 Å². The summed E-state index contributed by atoms with van der Waals surface area (Å²) in [7, 11) is 0. The third-order valence-corrected chi connectivity index (χ3v) is 9.58. The van der Waals surface area contributed by atoms with Gasteiger partial charge in [0.25, 0.3) is 29.1 Å². The number of nitrogens with two attached hydrogens (primary N) is 2. The van der Waals surface area contributed by atoms with E-state index in [1.54, 1.807) is 64.5 Å². The van der Waals surface area contributed by atoms with E-state index in [-0.39, 0.29) is 40.3 Å². The maximum atomic E-state index is 12.7. The molecule has 0 fully saturated rings. The van der Waals surface area contributed by atoms with Gasteiger partial charge in [0.1, 0.15) is 11.5 Å². The molecule has 60 heavy (non-hydrogen) atoms. The van der Waals surface area contributed by atoms with Crippen molar-refractivity contribution >= 4 is 52.0 Å². The van der Waals surface area contributed by atoms with E-state index in [2.05, 4.69) is 6.07 Å². The van der Waals surface area contributed by atoms with E-state index in [4.69, 9.17) is 31.2 Å². The van der Waals surface area contributed by atoms with E-state index in [9.17, 15) is 38.9 Å². The van der Waals surface area contributed by atoms with Crippen molar-refractivity contribution in [2.75, 3.05) is 13.2 Å². The number of carbonyl (C=O) groups is 6. The molecule has 0 atom stereocenters. The number of hydrogen-bond donors (Lipinski definition) is 4. The Balaban J connectivity index is 0.000000228. The zero-order valence-electron chi connectivity index (χ0n) is 32.8. The number of nitro groups is 1. The lowest BCUT2D eigenvalue weighted by atomic mass is 9.98. The first-order valence-electron chi connectivity index (χ1n) is 18.5. The number of carboxylic acid groups (broad SMARTS) is 2. The molecule has 0 bridgehead atoms. The number of aryl methyl sites for hydroxylation is 1. The fourth-order valence-corrected chi connectivity index (χ4v) is 7.21. The molecule has 17 nitrogen and oxygen atoms in total. The maximum absolute atomic E-state index is 12.7. The van der Waals surface area contributed by atoms with Crippen LogP contribution in [0.3, 0.4) is 0 Å². The highest BCUT2D eigenvalue weighted by atomic mass is 16.6. The highest BCUT2D eigenvalue weighted by molar-refractivity contribution is 6.45. The van der Waals surface area contributed by atoms with Crippen LogP contribution in [0.25, 0.3) is 11.0 Å². The summed E-state index contributed by atoms with van der Waals surface area (Å²) in [6, 6.07) is 20.6. The molecule has 310 valence electrons. The number of rotatable bonds is 17. The van der Waals surface area contributed by atoms with Gasteiger partial charge in [0.05, 0.1) is 27.1 Å². The van der Waals surface area contributed by atoms with Crippen LogP contribution in [0.15, 0.2) is 85.2 Å². The summed E-state index contributed by atoms with van der Waals surface area (Å²) >= 11 is 0. The number of aliphatic carboxylic acids is 2. The number of primary amides is 2. The van der Waals surface area contributed by atoms with Gasteiger partial charge in [0.15, 0.2) is 13.2 Å². The Morgan fingerprint density at radius 2 is 1.17 bits per heavy atom. The average molecular weight is 820 g/mol. The molecule has 6 rings (SSSR count). The lowest BCUT2D eigenvalue weighted by Gasteiger charge is -2.09. The monoisotopic (exact) mass is 819 g/mol. The van der Waals surface area contributed by atoms with E-state index in [0.717, 1.165) is 16.8 Å². The predicted molar refractivity (Wildman–Crippen MR) is 217 cm³/mol. The number of Topliss-reactive ketones (excluding diaryl/α,β-unsaturated/α-hetero) is 2. The number of benzene rings is 2. The largest absolute Gasteiger partial charge is 0.480 e. The van der Waals surface area contributed by atoms with Crippen LogP contribution >= 0.6 is 0 Å².